The smallest absolute Gasteiger partial charge is 0.337 e. The summed E-state index contributed by atoms with van der Waals surface area (Å²) in [6.45, 7) is 1.34. The van der Waals surface area contributed by atoms with Crippen molar-refractivity contribution in [3.8, 4) is 0 Å². The van der Waals surface area contributed by atoms with E-state index in [4.69, 9.17) is 10.5 Å². The molecule has 108 valence electrons. The van der Waals surface area contributed by atoms with E-state index < -0.39 is 5.97 Å². The van der Waals surface area contributed by atoms with Gasteiger partial charge in [-0.3, -0.25) is 0 Å². The molecule has 2 aliphatic rings. The number of carboxylic acids is 1. The lowest BCUT2D eigenvalue weighted by atomic mass is 9.89. The number of nitrogens with two attached hydrogens (primary N) is 1. The predicted molar refractivity (Wildman–Crippen MR) is 77.2 cm³/mol. The summed E-state index contributed by atoms with van der Waals surface area (Å²) in [7, 11) is 0. The van der Waals surface area contributed by atoms with Crippen LogP contribution in [0.15, 0.2) is 18.2 Å². The van der Waals surface area contributed by atoms with E-state index in [2.05, 4.69) is 4.90 Å². The molecule has 3 N–H and O–H groups in total. The number of aromatic carboxylic acids is 1. The van der Waals surface area contributed by atoms with Gasteiger partial charge in [0.15, 0.2) is 0 Å². The lowest BCUT2D eigenvalue weighted by Crippen LogP contribution is -2.53. The molecule has 0 spiro atoms. The number of benzene rings is 1. The maximum absolute atomic E-state index is 11.5. The fraction of sp³-hybridized carbons (Fsp3) is 0.533. The summed E-state index contributed by atoms with van der Waals surface area (Å²) in [5.74, 6) is -0.925. The maximum Gasteiger partial charge on any atom is 0.337 e. The van der Waals surface area contributed by atoms with Crippen molar-refractivity contribution in [3.63, 3.8) is 0 Å². The van der Waals surface area contributed by atoms with E-state index in [1.165, 1.54) is 6.42 Å². The van der Waals surface area contributed by atoms with Gasteiger partial charge in [0, 0.05) is 6.54 Å². The van der Waals surface area contributed by atoms with Crippen molar-refractivity contribution < 1.29 is 14.6 Å². The summed E-state index contributed by atoms with van der Waals surface area (Å²) < 4.78 is 5.84. The van der Waals surface area contributed by atoms with E-state index in [-0.39, 0.29) is 17.7 Å². The Bertz CT molecular complexity index is 516. The molecule has 5 heteroatoms. The lowest BCUT2D eigenvalue weighted by molar-refractivity contribution is -0.00872. The lowest BCUT2D eigenvalue weighted by Gasteiger charge is -2.45. The van der Waals surface area contributed by atoms with Crippen LogP contribution in [0.25, 0.3) is 0 Å². The Morgan fingerprint density at radius 2 is 2.15 bits per heavy atom. The number of nitrogens with zero attached hydrogens (tertiary/aromatic N) is 1. The monoisotopic (exact) mass is 276 g/mol. The van der Waals surface area contributed by atoms with Crippen LogP contribution in [0, 0.1) is 0 Å². The van der Waals surface area contributed by atoms with Gasteiger partial charge in [0.05, 0.1) is 35.7 Å². The summed E-state index contributed by atoms with van der Waals surface area (Å²) in [5.41, 5.74) is 7.56. The fourth-order valence-corrected chi connectivity index (χ4v) is 3.43. The van der Waals surface area contributed by atoms with Crippen LogP contribution in [0.3, 0.4) is 0 Å². The Hall–Kier alpha value is -1.75. The summed E-state index contributed by atoms with van der Waals surface area (Å²) >= 11 is 0. The number of hydrogen-bond donors (Lipinski definition) is 2. The molecular weight excluding hydrogens is 256 g/mol. The SMILES string of the molecule is Nc1cccc(C(=O)O)c1N1CCOC2CCCCC21. The summed E-state index contributed by atoms with van der Waals surface area (Å²) in [4.78, 5) is 13.6. The van der Waals surface area contributed by atoms with Crippen molar-refractivity contribution in [1.29, 1.82) is 0 Å². The summed E-state index contributed by atoms with van der Waals surface area (Å²) in [6, 6.07) is 5.34. The van der Waals surface area contributed by atoms with Crippen molar-refractivity contribution in [1.82, 2.24) is 0 Å². The minimum Gasteiger partial charge on any atom is -0.478 e. The van der Waals surface area contributed by atoms with Gasteiger partial charge in [-0.2, -0.15) is 0 Å². The number of carboxylic acid groups (broad SMARTS) is 1. The average molecular weight is 276 g/mol. The average Bonchev–Trinajstić information content (AvgIpc) is 2.46. The largest absolute Gasteiger partial charge is 0.478 e. The van der Waals surface area contributed by atoms with Gasteiger partial charge in [0.25, 0.3) is 0 Å². The zero-order valence-electron chi connectivity index (χ0n) is 11.4. The first-order valence-electron chi connectivity index (χ1n) is 7.18. The first kappa shape index (κ1) is 13.2. The quantitative estimate of drug-likeness (QED) is 0.809. The van der Waals surface area contributed by atoms with Crippen molar-refractivity contribution in [2.75, 3.05) is 23.8 Å². The van der Waals surface area contributed by atoms with E-state index in [1.807, 2.05) is 0 Å². The van der Waals surface area contributed by atoms with Crippen LogP contribution < -0.4 is 10.6 Å². The second-order valence-corrected chi connectivity index (χ2v) is 5.50. The highest BCUT2D eigenvalue weighted by Crippen LogP contribution is 2.36. The molecule has 1 aromatic carbocycles. The molecule has 1 aliphatic heterocycles. The molecule has 2 unspecified atom stereocenters. The standard InChI is InChI=1S/C15H20N2O3/c16-11-5-3-4-10(15(18)19)14(11)17-8-9-20-13-7-2-1-6-12(13)17/h3-5,12-13H,1-2,6-9,16H2,(H,18,19). The summed E-state index contributed by atoms with van der Waals surface area (Å²) in [6.07, 6.45) is 4.65. The Balaban J connectivity index is 2.00. The van der Waals surface area contributed by atoms with Gasteiger partial charge in [-0.15, -0.1) is 0 Å². The van der Waals surface area contributed by atoms with Crippen LogP contribution >= 0.6 is 0 Å². The minimum atomic E-state index is -0.925. The molecule has 2 atom stereocenters. The highest BCUT2D eigenvalue weighted by molar-refractivity contribution is 5.98. The number of ether oxygens (including phenoxy) is 1. The maximum atomic E-state index is 11.5. The van der Waals surface area contributed by atoms with Gasteiger partial charge in [0.1, 0.15) is 0 Å². The number of morpholine rings is 1. The highest BCUT2D eigenvalue weighted by Gasteiger charge is 2.36. The second kappa shape index (κ2) is 5.32. The number of rotatable bonds is 2. The second-order valence-electron chi connectivity index (χ2n) is 5.50. The number of para-hydroxylation sites is 1. The third-order valence-electron chi connectivity index (χ3n) is 4.32. The zero-order chi connectivity index (χ0) is 14.1. The Labute approximate surface area is 118 Å². The topological polar surface area (TPSA) is 75.8 Å². The number of hydrogen-bond acceptors (Lipinski definition) is 4. The number of fused-ring (bicyclic) bond motifs is 1. The minimum absolute atomic E-state index is 0.207. The van der Waals surface area contributed by atoms with Crippen LogP contribution in [0.4, 0.5) is 11.4 Å². The molecule has 5 nitrogen and oxygen atoms in total. The van der Waals surface area contributed by atoms with E-state index in [1.54, 1.807) is 18.2 Å². The zero-order valence-corrected chi connectivity index (χ0v) is 11.4. The Morgan fingerprint density at radius 1 is 1.35 bits per heavy atom. The van der Waals surface area contributed by atoms with Gasteiger partial charge in [-0.05, 0) is 25.0 Å². The van der Waals surface area contributed by atoms with Gasteiger partial charge in [0.2, 0.25) is 0 Å². The first-order chi connectivity index (χ1) is 9.68. The van der Waals surface area contributed by atoms with Gasteiger partial charge in [-0.25, -0.2) is 4.79 Å². The molecule has 2 fully saturated rings. The normalized spacial score (nSPS) is 26.1. The van der Waals surface area contributed by atoms with Crippen LogP contribution in [0.2, 0.25) is 0 Å². The predicted octanol–water partition coefficient (Wildman–Crippen LogP) is 2.11. The van der Waals surface area contributed by atoms with Crippen molar-refractivity contribution >= 4 is 17.3 Å². The third-order valence-corrected chi connectivity index (χ3v) is 4.32. The molecule has 20 heavy (non-hydrogen) atoms. The third kappa shape index (κ3) is 2.22. The number of nitrogen functional groups attached to an aromatic ring is 1. The highest BCUT2D eigenvalue weighted by atomic mass is 16.5. The van der Waals surface area contributed by atoms with Crippen LogP contribution in [0.5, 0.6) is 0 Å². The molecule has 0 amide bonds. The molecule has 1 saturated heterocycles. The Morgan fingerprint density at radius 3 is 2.95 bits per heavy atom. The molecular formula is C15H20N2O3. The van der Waals surface area contributed by atoms with Crippen LogP contribution in [0.1, 0.15) is 36.0 Å². The molecule has 1 saturated carbocycles. The Kier molecular flexibility index (Phi) is 3.53. The molecule has 3 rings (SSSR count). The molecule has 1 aromatic rings. The molecule has 0 aromatic heterocycles. The van der Waals surface area contributed by atoms with E-state index in [0.29, 0.717) is 24.5 Å². The van der Waals surface area contributed by atoms with Crippen LogP contribution in [-0.4, -0.2) is 36.4 Å². The number of anilines is 2. The van der Waals surface area contributed by atoms with Crippen molar-refractivity contribution in [3.05, 3.63) is 23.8 Å². The molecule has 0 bridgehead atoms. The molecule has 1 aliphatic carbocycles. The van der Waals surface area contributed by atoms with Crippen molar-refractivity contribution in [2.45, 2.75) is 37.8 Å². The van der Waals surface area contributed by atoms with Gasteiger partial charge in [-0.1, -0.05) is 18.9 Å². The molecule has 1 heterocycles. The van der Waals surface area contributed by atoms with E-state index in [0.717, 1.165) is 19.3 Å². The van der Waals surface area contributed by atoms with E-state index >= 15 is 0 Å². The first-order valence-corrected chi connectivity index (χ1v) is 7.18. The van der Waals surface area contributed by atoms with E-state index in [9.17, 15) is 9.90 Å². The fourth-order valence-electron chi connectivity index (χ4n) is 3.43. The molecule has 0 radical (unpaired) electrons. The number of carbonyl (C=O) groups is 1. The van der Waals surface area contributed by atoms with Gasteiger partial charge < -0.3 is 20.5 Å². The van der Waals surface area contributed by atoms with Gasteiger partial charge >= 0.3 is 5.97 Å². The van der Waals surface area contributed by atoms with Crippen LogP contribution in [-0.2, 0) is 4.74 Å². The summed E-state index contributed by atoms with van der Waals surface area (Å²) in [5, 5.41) is 9.40. The van der Waals surface area contributed by atoms with Crippen molar-refractivity contribution in [2.24, 2.45) is 0 Å².